The summed E-state index contributed by atoms with van der Waals surface area (Å²) in [6.45, 7) is 2.31. The number of benzene rings is 5. The molecule has 2 heterocycles. The number of nitrogens with one attached hydrogen (secondary N) is 2. The first-order valence-electron chi connectivity index (χ1n) is 13.0. The largest absolute Gasteiger partial charge is 0.354 e. The van der Waals surface area contributed by atoms with Crippen molar-refractivity contribution in [1.82, 2.24) is 5.43 Å². The molecule has 6 nitrogen and oxygen atoms in total. The van der Waals surface area contributed by atoms with E-state index in [0.717, 1.165) is 49.4 Å². The Kier molecular flexibility index (Phi) is 5.86. The van der Waals surface area contributed by atoms with E-state index < -0.39 is 0 Å². The first-order valence-corrected chi connectivity index (χ1v) is 13.8. The van der Waals surface area contributed by atoms with E-state index in [1.807, 2.05) is 73.7 Å². The van der Waals surface area contributed by atoms with Crippen molar-refractivity contribution >= 4 is 57.1 Å². The minimum absolute atomic E-state index is 0.00128. The van der Waals surface area contributed by atoms with E-state index in [4.69, 9.17) is 0 Å². The van der Waals surface area contributed by atoms with E-state index in [9.17, 15) is 9.59 Å². The predicted octanol–water partition coefficient (Wildman–Crippen LogP) is 7.36. The van der Waals surface area contributed by atoms with Gasteiger partial charge in [0.15, 0.2) is 0 Å². The molecule has 5 aromatic rings. The van der Waals surface area contributed by atoms with Crippen LogP contribution >= 0.6 is 11.8 Å². The van der Waals surface area contributed by atoms with E-state index in [-0.39, 0.29) is 11.8 Å². The van der Waals surface area contributed by atoms with Crippen LogP contribution in [0.3, 0.4) is 0 Å². The summed E-state index contributed by atoms with van der Waals surface area (Å²) in [4.78, 5) is 30.1. The number of carbonyl (C=O) groups excluding carboxylic acids is 2. The number of anilines is 3. The maximum absolute atomic E-state index is 13.1. The van der Waals surface area contributed by atoms with Crippen molar-refractivity contribution < 1.29 is 9.59 Å². The number of hydrazone groups is 1. The van der Waals surface area contributed by atoms with Gasteiger partial charge in [-0.2, -0.15) is 5.10 Å². The Morgan fingerprint density at radius 2 is 1.60 bits per heavy atom. The fourth-order valence-corrected chi connectivity index (χ4v) is 6.18. The number of hydrogen-bond donors (Lipinski definition) is 2. The van der Waals surface area contributed by atoms with Crippen LogP contribution in [0.25, 0.3) is 10.8 Å². The van der Waals surface area contributed by atoms with Crippen molar-refractivity contribution in [2.75, 3.05) is 10.2 Å². The van der Waals surface area contributed by atoms with Gasteiger partial charge in [-0.3, -0.25) is 9.59 Å². The van der Waals surface area contributed by atoms with E-state index in [1.54, 1.807) is 28.8 Å². The van der Waals surface area contributed by atoms with Crippen LogP contribution in [0.15, 0.2) is 118 Å². The molecule has 0 radical (unpaired) electrons. The lowest BCUT2D eigenvalue weighted by Crippen LogP contribution is -2.26. The van der Waals surface area contributed by atoms with Crippen LogP contribution < -0.4 is 15.6 Å². The Hall–Kier alpha value is -4.88. The molecule has 7 heteroatoms. The number of nitrogens with zero attached hydrogens (tertiary/aromatic N) is 2. The first-order chi connectivity index (χ1) is 19.5. The highest BCUT2D eigenvalue weighted by molar-refractivity contribution is 7.99. The van der Waals surface area contributed by atoms with Crippen LogP contribution in [0, 0.1) is 0 Å². The molecule has 0 bridgehead atoms. The lowest BCUT2D eigenvalue weighted by Gasteiger charge is -2.21. The summed E-state index contributed by atoms with van der Waals surface area (Å²) in [5.41, 5.74) is 9.51. The zero-order chi connectivity index (χ0) is 27.2. The lowest BCUT2D eigenvalue weighted by molar-refractivity contribution is 0.0953. The minimum atomic E-state index is -0.291. The van der Waals surface area contributed by atoms with Gasteiger partial charge in [0.1, 0.15) is 0 Å². The van der Waals surface area contributed by atoms with Crippen molar-refractivity contribution in [1.29, 1.82) is 0 Å². The van der Waals surface area contributed by atoms with Gasteiger partial charge in [0.25, 0.3) is 11.8 Å². The highest BCUT2D eigenvalue weighted by Gasteiger charge is 2.29. The zero-order valence-corrected chi connectivity index (χ0v) is 22.5. The van der Waals surface area contributed by atoms with Crippen LogP contribution in [0.5, 0.6) is 0 Å². The van der Waals surface area contributed by atoms with Gasteiger partial charge in [-0.25, -0.2) is 5.43 Å². The molecule has 40 heavy (non-hydrogen) atoms. The quantitative estimate of drug-likeness (QED) is 0.177. The van der Waals surface area contributed by atoms with Crippen LogP contribution in [-0.4, -0.2) is 17.5 Å². The van der Waals surface area contributed by atoms with Gasteiger partial charge < -0.3 is 10.2 Å². The van der Waals surface area contributed by atoms with E-state index in [2.05, 4.69) is 40.1 Å². The maximum Gasteiger partial charge on any atom is 0.271 e. The molecule has 2 aliphatic rings. The van der Waals surface area contributed by atoms with Gasteiger partial charge in [0.05, 0.1) is 29.3 Å². The Balaban J connectivity index is 1.03. The van der Waals surface area contributed by atoms with Gasteiger partial charge in [-0.1, -0.05) is 66.4 Å². The molecule has 2 amide bonds. The van der Waals surface area contributed by atoms with Crippen LogP contribution in [-0.2, 0) is 6.54 Å². The normalized spacial score (nSPS) is 13.6. The van der Waals surface area contributed by atoms with Crippen molar-refractivity contribution in [3.63, 3.8) is 0 Å². The van der Waals surface area contributed by atoms with Crippen molar-refractivity contribution in [3.8, 4) is 0 Å². The second-order valence-electron chi connectivity index (χ2n) is 9.84. The maximum atomic E-state index is 13.1. The molecule has 0 atom stereocenters. The molecule has 0 fully saturated rings. The number of hydrogen-bond acceptors (Lipinski definition) is 5. The van der Waals surface area contributed by atoms with Gasteiger partial charge in [-0.15, -0.1) is 0 Å². The van der Waals surface area contributed by atoms with Crippen molar-refractivity contribution in [2.24, 2.45) is 5.10 Å². The van der Waals surface area contributed by atoms with E-state index in [1.165, 1.54) is 4.90 Å². The average Bonchev–Trinajstić information content (AvgIpc) is 3.26. The average molecular weight is 541 g/mol. The Labute approximate surface area is 235 Å². The molecular weight excluding hydrogens is 516 g/mol. The SMILES string of the molecule is CC(=NNC(=O)c1ccc(CN2C(=O)c3cccc4cccc2c34)cc1)c1ccc2c(c1)Nc1ccccc1S2. The standard InChI is InChI=1S/C33H24N4O2S/c1-20(24-16-17-30-27(18-24)34-26-9-2-3-11-29(26)40-30)35-36-32(38)23-14-12-21(13-15-23)19-37-28-10-5-7-22-6-4-8-25(31(22)28)33(37)39/h2-18,34H,19H2,1H3,(H,36,38). The summed E-state index contributed by atoms with van der Waals surface area (Å²) in [7, 11) is 0. The zero-order valence-electron chi connectivity index (χ0n) is 21.6. The Bertz CT molecular complexity index is 1860. The molecule has 0 saturated carbocycles. The highest BCUT2D eigenvalue weighted by atomic mass is 32.2. The third-order valence-corrected chi connectivity index (χ3v) is 8.46. The van der Waals surface area contributed by atoms with Crippen molar-refractivity contribution in [2.45, 2.75) is 23.3 Å². The Morgan fingerprint density at radius 3 is 2.45 bits per heavy atom. The van der Waals surface area contributed by atoms with Crippen LogP contribution in [0.2, 0.25) is 0 Å². The van der Waals surface area contributed by atoms with E-state index >= 15 is 0 Å². The summed E-state index contributed by atoms with van der Waals surface area (Å²) < 4.78 is 0. The monoisotopic (exact) mass is 540 g/mol. The molecule has 2 N–H and O–H groups in total. The highest BCUT2D eigenvalue weighted by Crippen LogP contribution is 2.44. The molecule has 2 aliphatic heterocycles. The van der Waals surface area contributed by atoms with Gasteiger partial charge >= 0.3 is 0 Å². The molecule has 0 saturated heterocycles. The number of amides is 2. The number of para-hydroxylation sites is 1. The smallest absolute Gasteiger partial charge is 0.271 e. The molecule has 5 aromatic carbocycles. The van der Waals surface area contributed by atoms with Gasteiger partial charge in [0, 0.05) is 26.3 Å². The van der Waals surface area contributed by atoms with Gasteiger partial charge in [-0.05, 0) is 72.0 Å². The first kappa shape index (κ1) is 24.2. The topological polar surface area (TPSA) is 73.8 Å². The molecule has 194 valence electrons. The summed E-state index contributed by atoms with van der Waals surface area (Å²) in [6, 6.07) is 33.4. The molecule has 7 rings (SSSR count). The summed E-state index contributed by atoms with van der Waals surface area (Å²) >= 11 is 1.73. The number of rotatable bonds is 5. The third-order valence-electron chi connectivity index (χ3n) is 7.30. The minimum Gasteiger partial charge on any atom is -0.354 e. The van der Waals surface area contributed by atoms with E-state index in [0.29, 0.717) is 17.8 Å². The Morgan fingerprint density at radius 1 is 0.850 bits per heavy atom. The third kappa shape index (κ3) is 4.21. The van der Waals surface area contributed by atoms with Crippen molar-refractivity contribution in [3.05, 3.63) is 125 Å². The summed E-state index contributed by atoms with van der Waals surface area (Å²) in [5, 5.41) is 9.89. The number of fused-ring (bicyclic) bond motifs is 2. The molecule has 0 aromatic heterocycles. The lowest BCUT2D eigenvalue weighted by atomic mass is 10.1. The number of carbonyl (C=O) groups is 2. The van der Waals surface area contributed by atoms with Crippen LogP contribution in [0.4, 0.5) is 17.1 Å². The summed E-state index contributed by atoms with van der Waals surface area (Å²) in [5.74, 6) is -0.292. The summed E-state index contributed by atoms with van der Waals surface area (Å²) in [6.07, 6.45) is 0. The molecule has 0 unspecified atom stereocenters. The predicted molar refractivity (Wildman–Crippen MR) is 161 cm³/mol. The molecule has 0 spiro atoms. The molecular formula is C33H24N4O2S. The second kappa shape index (κ2) is 9.70. The fourth-order valence-electron chi connectivity index (χ4n) is 5.21. The van der Waals surface area contributed by atoms with Gasteiger partial charge in [0.2, 0.25) is 0 Å². The van der Waals surface area contributed by atoms with Crippen LogP contribution in [0.1, 0.15) is 38.8 Å². The molecule has 0 aliphatic carbocycles. The fraction of sp³-hybridized carbons (Fsp3) is 0.0606. The second-order valence-corrected chi connectivity index (χ2v) is 10.9.